The molecule has 0 fully saturated rings. The number of amides is 1. The van der Waals surface area contributed by atoms with Gasteiger partial charge in [0.1, 0.15) is 12.4 Å². The summed E-state index contributed by atoms with van der Waals surface area (Å²) in [5.41, 5.74) is 1.71. The van der Waals surface area contributed by atoms with Gasteiger partial charge in [-0.25, -0.2) is 4.98 Å². The number of alkyl halides is 3. The molecule has 0 radical (unpaired) electrons. The summed E-state index contributed by atoms with van der Waals surface area (Å²) in [6, 6.07) is 10.9. The number of fused-ring (bicyclic) bond motifs is 1. The Balaban J connectivity index is 2.02. The topological polar surface area (TPSA) is 38.1 Å². The van der Waals surface area contributed by atoms with Crippen molar-refractivity contribution < 1.29 is 18.0 Å². The molecule has 1 aromatic heterocycles. The van der Waals surface area contributed by atoms with Gasteiger partial charge < -0.3 is 4.57 Å². The van der Waals surface area contributed by atoms with Gasteiger partial charge in [0.15, 0.2) is 0 Å². The molecular weight excluding hydrogens is 411 g/mol. The van der Waals surface area contributed by atoms with Crippen LogP contribution in [0, 0.1) is 6.92 Å². The van der Waals surface area contributed by atoms with E-state index in [-0.39, 0.29) is 11.3 Å². The molecule has 136 valence electrons. The Morgan fingerprint density at radius 2 is 1.85 bits per heavy atom. The van der Waals surface area contributed by atoms with E-state index in [0.717, 1.165) is 16.2 Å². The normalized spacial score (nSPS) is 11.8. The summed E-state index contributed by atoms with van der Waals surface area (Å²) in [6.45, 7) is 0.450. The van der Waals surface area contributed by atoms with Gasteiger partial charge in [0.25, 0.3) is 5.91 Å². The lowest BCUT2D eigenvalue weighted by Crippen LogP contribution is -2.39. The SMILES string of the molecule is Cc1nc2cc(C(=O)N(CC(F)(F)F)c3ccc(Br)cc3)ccc2n1C. The van der Waals surface area contributed by atoms with Gasteiger partial charge in [-0.15, -0.1) is 0 Å². The predicted molar refractivity (Wildman–Crippen MR) is 97.3 cm³/mol. The minimum atomic E-state index is -4.52. The minimum absolute atomic E-state index is 0.155. The van der Waals surface area contributed by atoms with Gasteiger partial charge in [-0.3, -0.25) is 9.69 Å². The number of aromatic nitrogens is 2. The number of rotatable bonds is 3. The van der Waals surface area contributed by atoms with E-state index in [1.54, 1.807) is 18.2 Å². The third kappa shape index (κ3) is 3.75. The molecule has 26 heavy (non-hydrogen) atoms. The second-order valence-electron chi connectivity index (χ2n) is 5.90. The monoisotopic (exact) mass is 425 g/mol. The Morgan fingerprint density at radius 1 is 1.19 bits per heavy atom. The second-order valence-corrected chi connectivity index (χ2v) is 6.82. The third-order valence-corrected chi connectivity index (χ3v) is 4.60. The fourth-order valence-electron chi connectivity index (χ4n) is 2.69. The molecule has 0 unspecified atom stereocenters. The lowest BCUT2D eigenvalue weighted by atomic mass is 10.1. The van der Waals surface area contributed by atoms with Gasteiger partial charge in [-0.1, -0.05) is 15.9 Å². The fraction of sp³-hybridized carbons (Fsp3) is 0.222. The van der Waals surface area contributed by atoms with Gasteiger partial charge in [-0.05, 0) is 49.4 Å². The highest BCUT2D eigenvalue weighted by Crippen LogP contribution is 2.26. The summed E-state index contributed by atoms with van der Waals surface area (Å²) in [5, 5.41) is 0. The molecule has 0 atom stereocenters. The van der Waals surface area contributed by atoms with Gasteiger partial charge in [0, 0.05) is 22.8 Å². The Bertz CT molecular complexity index is 964. The van der Waals surface area contributed by atoms with E-state index in [9.17, 15) is 18.0 Å². The Hall–Kier alpha value is -2.35. The summed E-state index contributed by atoms with van der Waals surface area (Å²) in [6.07, 6.45) is -4.52. The van der Waals surface area contributed by atoms with Crippen LogP contribution in [0.1, 0.15) is 16.2 Å². The molecule has 0 aliphatic heterocycles. The number of carbonyl (C=O) groups is 1. The van der Waals surface area contributed by atoms with Crippen LogP contribution < -0.4 is 4.90 Å². The molecular formula is C18H15BrF3N3O. The summed E-state index contributed by atoms with van der Waals surface area (Å²) in [5.74, 6) is 0.0273. The van der Waals surface area contributed by atoms with Crippen LogP contribution in [0.15, 0.2) is 46.9 Å². The van der Waals surface area contributed by atoms with E-state index in [4.69, 9.17) is 0 Å². The molecule has 3 rings (SSSR count). The van der Waals surface area contributed by atoms with Crippen LogP contribution in [-0.2, 0) is 7.05 Å². The first kappa shape index (κ1) is 18.4. The maximum atomic E-state index is 13.0. The molecule has 4 nitrogen and oxygen atoms in total. The molecule has 1 amide bonds. The molecule has 0 spiro atoms. The number of hydrogen-bond donors (Lipinski definition) is 0. The van der Waals surface area contributed by atoms with Crippen molar-refractivity contribution >= 4 is 38.6 Å². The quantitative estimate of drug-likeness (QED) is 0.601. The first-order valence-corrected chi connectivity index (χ1v) is 8.52. The van der Waals surface area contributed by atoms with Crippen molar-refractivity contribution in [2.75, 3.05) is 11.4 Å². The van der Waals surface area contributed by atoms with Crippen LogP contribution in [0.4, 0.5) is 18.9 Å². The number of benzene rings is 2. The van der Waals surface area contributed by atoms with E-state index in [1.807, 2.05) is 18.5 Å². The molecule has 8 heteroatoms. The van der Waals surface area contributed by atoms with Gasteiger partial charge >= 0.3 is 6.18 Å². The number of aryl methyl sites for hydroxylation is 2. The van der Waals surface area contributed by atoms with Crippen LogP contribution in [0.5, 0.6) is 0 Å². The summed E-state index contributed by atoms with van der Waals surface area (Å²) >= 11 is 3.24. The summed E-state index contributed by atoms with van der Waals surface area (Å²) in [4.78, 5) is 17.9. The number of carbonyl (C=O) groups excluding carboxylic acids is 1. The van der Waals surface area contributed by atoms with E-state index < -0.39 is 18.6 Å². The molecule has 0 aliphatic carbocycles. The molecule has 0 bridgehead atoms. The molecule has 2 aromatic carbocycles. The van der Waals surface area contributed by atoms with Gasteiger partial charge in [0.2, 0.25) is 0 Å². The smallest absolute Gasteiger partial charge is 0.331 e. The predicted octanol–water partition coefficient (Wildman–Crippen LogP) is 4.85. The van der Waals surface area contributed by atoms with Crippen LogP contribution in [0.2, 0.25) is 0 Å². The number of anilines is 1. The first-order chi connectivity index (χ1) is 12.2. The molecule has 3 aromatic rings. The molecule has 0 saturated carbocycles. The lowest BCUT2D eigenvalue weighted by Gasteiger charge is -2.24. The standard InChI is InChI=1S/C18H15BrF3N3O/c1-11-23-15-9-12(3-8-16(15)24(11)2)17(26)25(10-18(20,21)22)14-6-4-13(19)5-7-14/h3-9H,10H2,1-2H3. The van der Waals surface area contributed by atoms with E-state index in [2.05, 4.69) is 20.9 Å². The average Bonchev–Trinajstić information content (AvgIpc) is 2.86. The Morgan fingerprint density at radius 3 is 2.46 bits per heavy atom. The van der Waals surface area contributed by atoms with E-state index >= 15 is 0 Å². The number of nitrogens with zero attached hydrogens (tertiary/aromatic N) is 3. The van der Waals surface area contributed by atoms with Crippen LogP contribution in [0.25, 0.3) is 11.0 Å². The minimum Gasteiger partial charge on any atom is -0.331 e. The molecule has 0 aliphatic rings. The highest BCUT2D eigenvalue weighted by atomic mass is 79.9. The molecule has 0 N–H and O–H groups in total. The van der Waals surface area contributed by atoms with Crippen molar-refractivity contribution in [1.82, 2.24) is 9.55 Å². The van der Waals surface area contributed by atoms with Gasteiger partial charge in [0.05, 0.1) is 11.0 Å². The zero-order valence-electron chi connectivity index (χ0n) is 14.0. The van der Waals surface area contributed by atoms with Crippen molar-refractivity contribution in [2.45, 2.75) is 13.1 Å². The highest BCUT2D eigenvalue weighted by Gasteiger charge is 2.34. The fourth-order valence-corrected chi connectivity index (χ4v) is 2.95. The zero-order chi connectivity index (χ0) is 19.1. The zero-order valence-corrected chi connectivity index (χ0v) is 15.6. The van der Waals surface area contributed by atoms with Crippen molar-refractivity contribution in [2.24, 2.45) is 7.05 Å². The maximum absolute atomic E-state index is 13.0. The Labute approximate surface area is 156 Å². The van der Waals surface area contributed by atoms with E-state index in [1.165, 1.54) is 24.3 Å². The lowest BCUT2D eigenvalue weighted by molar-refractivity contribution is -0.118. The van der Waals surface area contributed by atoms with Crippen LogP contribution >= 0.6 is 15.9 Å². The van der Waals surface area contributed by atoms with Crippen molar-refractivity contribution in [3.8, 4) is 0 Å². The van der Waals surface area contributed by atoms with Crippen molar-refractivity contribution in [3.63, 3.8) is 0 Å². The van der Waals surface area contributed by atoms with Crippen molar-refractivity contribution in [3.05, 3.63) is 58.3 Å². The maximum Gasteiger partial charge on any atom is 0.406 e. The number of hydrogen-bond acceptors (Lipinski definition) is 2. The molecule has 0 saturated heterocycles. The largest absolute Gasteiger partial charge is 0.406 e. The first-order valence-electron chi connectivity index (χ1n) is 7.73. The highest BCUT2D eigenvalue weighted by molar-refractivity contribution is 9.10. The van der Waals surface area contributed by atoms with Crippen LogP contribution in [-0.4, -0.2) is 28.2 Å². The van der Waals surface area contributed by atoms with Gasteiger partial charge in [-0.2, -0.15) is 13.2 Å². The average molecular weight is 426 g/mol. The number of imidazole rings is 1. The van der Waals surface area contributed by atoms with Crippen molar-refractivity contribution in [1.29, 1.82) is 0 Å². The summed E-state index contributed by atoms with van der Waals surface area (Å²) in [7, 11) is 1.84. The Kier molecular flexibility index (Phi) is 4.79. The molecule has 1 heterocycles. The van der Waals surface area contributed by atoms with E-state index in [0.29, 0.717) is 9.99 Å². The number of halogens is 4. The van der Waals surface area contributed by atoms with Crippen LogP contribution in [0.3, 0.4) is 0 Å². The third-order valence-electron chi connectivity index (χ3n) is 4.07. The second kappa shape index (κ2) is 6.75. The summed E-state index contributed by atoms with van der Waals surface area (Å²) < 4.78 is 41.7.